The van der Waals surface area contributed by atoms with Crippen molar-refractivity contribution in [1.82, 2.24) is 20.6 Å². The van der Waals surface area contributed by atoms with Crippen LogP contribution in [0.25, 0.3) is 11.3 Å². The molecular formula is C35H42F3N5O7S. The number of ether oxygens (including phenoxy) is 2. The van der Waals surface area contributed by atoms with Crippen LogP contribution in [-0.4, -0.2) is 72.1 Å². The second-order valence-corrected chi connectivity index (χ2v) is 16.0. The Bertz CT molecular complexity index is 1870. The lowest BCUT2D eigenvalue weighted by molar-refractivity contribution is -0.191. The number of benzene rings is 2. The number of nitrogens with one attached hydrogen (secondary N) is 3. The van der Waals surface area contributed by atoms with Crippen LogP contribution in [0.5, 0.6) is 5.88 Å². The smallest absolute Gasteiger partial charge is 0.407 e. The topological polar surface area (TPSA) is 169 Å². The zero-order valence-electron chi connectivity index (χ0n) is 28.9. The minimum Gasteiger partial charge on any atom is -0.478 e. The molecule has 5 rings (SSSR count). The molecule has 2 aliphatic rings. The van der Waals surface area contributed by atoms with Crippen molar-refractivity contribution in [3.8, 4) is 17.1 Å². The van der Waals surface area contributed by atoms with E-state index in [0.29, 0.717) is 24.1 Å². The highest BCUT2D eigenvalue weighted by molar-refractivity contribution is 7.92. The molecule has 2 aromatic carbocycles. The van der Waals surface area contributed by atoms with Gasteiger partial charge in [-0.25, -0.2) is 27.7 Å². The van der Waals surface area contributed by atoms with E-state index in [1.165, 1.54) is 24.3 Å². The number of alkyl halides is 3. The number of carbonyl (C=O) groups is 2. The number of alkyl carbamates (subject to hydrolysis) is 1. The lowest BCUT2D eigenvalue weighted by Crippen LogP contribution is -2.56. The van der Waals surface area contributed by atoms with Gasteiger partial charge in [-0.2, -0.15) is 18.2 Å². The fraction of sp³-hybridized carbons (Fsp3) is 0.486. The molecule has 2 saturated carbocycles. The molecule has 1 heterocycles. The molecule has 2 aliphatic carbocycles. The summed E-state index contributed by atoms with van der Waals surface area (Å²) in [4.78, 5) is 32.0. The Labute approximate surface area is 294 Å². The van der Waals surface area contributed by atoms with Gasteiger partial charge in [-0.1, -0.05) is 24.3 Å². The normalized spacial score (nSPS) is 19.0. The van der Waals surface area contributed by atoms with Crippen molar-refractivity contribution in [1.29, 1.82) is 0 Å². The molecule has 12 nitrogen and oxygen atoms in total. The van der Waals surface area contributed by atoms with Crippen molar-refractivity contribution in [2.24, 2.45) is 5.41 Å². The third-order valence-electron chi connectivity index (χ3n) is 8.91. The van der Waals surface area contributed by atoms with Gasteiger partial charge in [0.1, 0.15) is 12.2 Å². The molecule has 16 heteroatoms. The van der Waals surface area contributed by atoms with Crippen molar-refractivity contribution >= 4 is 28.0 Å². The first-order valence-corrected chi connectivity index (χ1v) is 18.0. The minimum atomic E-state index is -4.40. The van der Waals surface area contributed by atoms with Crippen LogP contribution < -0.4 is 20.1 Å². The van der Waals surface area contributed by atoms with Gasteiger partial charge in [0.15, 0.2) is 0 Å². The summed E-state index contributed by atoms with van der Waals surface area (Å²) in [6, 6.07) is 10.6. The molecule has 0 bridgehead atoms. The maximum Gasteiger partial charge on any atom is 0.407 e. The van der Waals surface area contributed by atoms with Crippen molar-refractivity contribution in [2.75, 3.05) is 11.3 Å². The molecule has 2 fully saturated rings. The van der Waals surface area contributed by atoms with Crippen molar-refractivity contribution in [3.05, 3.63) is 65.2 Å². The summed E-state index contributed by atoms with van der Waals surface area (Å²) in [5.41, 5.74) is -0.123. The Morgan fingerprint density at radius 3 is 2.24 bits per heavy atom. The first-order chi connectivity index (χ1) is 23.7. The molecule has 1 aromatic heterocycles. The van der Waals surface area contributed by atoms with E-state index in [0.717, 1.165) is 17.2 Å². The number of aromatic carboxylic acids is 1. The highest BCUT2D eigenvalue weighted by Crippen LogP contribution is 2.60. The molecule has 1 amide bonds. The summed E-state index contributed by atoms with van der Waals surface area (Å²) in [5, 5.41) is 15.4. The van der Waals surface area contributed by atoms with Crippen molar-refractivity contribution in [2.45, 2.75) is 102 Å². The SMILES string of the molecule is Cc1cccc(C)c1-c1cc(OCC(CC2(C(F)(F)F)CC2)NC2CC(NC(=O)OC(C)(C)C)C2)nc(NS(=O)(=O)c2cccc(C(=O)O)c2)n1. The second kappa shape index (κ2) is 14.3. The van der Waals surface area contributed by atoms with E-state index in [1.807, 2.05) is 32.0 Å². The summed E-state index contributed by atoms with van der Waals surface area (Å²) in [7, 11) is -4.37. The molecule has 1 atom stereocenters. The number of carbonyl (C=O) groups excluding carboxylic acids is 1. The summed E-state index contributed by atoms with van der Waals surface area (Å²) in [6.07, 6.45) is -4.25. The number of rotatable bonds is 13. The van der Waals surface area contributed by atoms with Crippen LogP contribution >= 0.6 is 0 Å². The Morgan fingerprint density at radius 2 is 1.65 bits per heavy atom. The van der Waals surface area contributed by atoms with Gasteiger partial charge >= 0.3 is 18.2 Å². The van der Waals surface area contributed by atoms with E-state index in [9.17, 15) is 36.3 Å². The molecule has 51 heavy (non-hydrogen) atoms. The number of halogens is 3. The number of hydrogen-bond acceptors (Lipinski definition) is 9. The zero-order chi connectivity index (χ0) is 37.4. The first kappa shape index (κ1) is 37.8. The van der Waals surface area contributed by atoms with E-state index in [4.69, 9.17) is 9.47 Å². The van der Waals surface area contributed by atoms with Gasteiger partial charge in [-0.05, 0) is 96.0 Å². The molecule has 0 aliphatic heterocycles. The number of aromatic nitrogens is 2. The summed E-state index contributed by atoms with van der Waals surface area (Å²) < 4.78 is 82.6. The molecule has 0 saturated heterocycles. The highest BCUT2D eigenvalue weighted by Gasteiger charge is 2.63. The van der Waals surface area contributed by atoms with Gasteiger partial charge in [0.2, 0.25) is 11.8 Å². The highest BCUT2D eigenvalue weighted by atomic mass is 32.2. The van der Waals surface area contributed by atoms with E-state index in [-0.39, 0.29) is 60.2 Å². The first-order valence-electron chi connectivity index (χ1n) is 16.5. The van der Waals surface area contributed by atoms with E-state index >= 15 is 0 Å². The number of nitrogens with zero attached hydrogens (tertiary/aromatic N) is 2. The maximum absolute atomic E-state index is 14.1. The number of carboxylic acid groups (broad SMARTS) is 1. The number of hydrogen-bond donors (Lipinski definition) is 4. The van der Waals surface area contributed by atoms with Crippen LogP contribution in [0.4, 0.5) is 23.9 Å². The van der Waals surface area contributed by atoms with Gasteiger partial charge in [0.25, 0.3) is 10.0 Å². The van der Waals surface area contributed by atoms with Crippen LogP contribution in [0.3, 0.4) is 0 Å². The quantitative estimate of drug-likeness (QED) is 0.155. The van der Waals surface area contributed by atoms with Crippen LogP contribution in [0.2, 0.25) is 0 Å². The Kier molecular flexibility index (Phi) is 10.6. The number of sulfonamides is 1. The summed E-state index contributed by atoms with van der Waals surface area (Å²) in [6.45, 7) is 8.71. The molecular weight excluding hydrogens is 691 g/mol. The fourth-order valence-electron chi connectivity index (χ4n) is 6.12. The molecule has 3 aromatic rings. The van der Waals surface area contributed by atoms with Gasteiger partial charge < -0.3 is 25.2 Å². The Balaban J connectivity index is 1.39. The third-order valence-corrected chi connectivity index (χ3v) is 10.2. The lowest BCUT2D eigenvalue weighted by Gasteiger charge is -2.39. The zero-order valence-corrected chi connectivity index (χ0v) is 29.7. The summed E-state index contributed by atoms with van der Waals surface area (Å²) >= 11 is 0. The number of aryl methyl sites for hydroxylation is 2. The Morgan fingerprint density at radius 1 is 1.00 bits per heavy atom. The van der Waals surface area contributed by atoms with Gasteiger partial charge in [0.05, 0.1) is 21.6 Å². The van der Waals surface area contributed by atoms with Crippen LogP contribution in [-0.2, 0) is 14.8 Å². The van der Waals surface area contributed by atoms with E-state index < -0.39 is 45.3 Å². The average molecular weight is 734 g/mol. The second-order valence-electron chi connectivity index (χ2n) is 14.3. The largest absolute Gasteiger partial charge is 0.478 e. The Hall–Kier alpha value is -4.44. The minimum absolute atomic E-state index is 0.00138. The van der Waals surface area contributed by atoms with Gasteiger partial charge in [0, 0.05) is 29.8 Å². The predicted molar refractivity (Wildman–Crippen MR) is 182 cm³/mol. The number of carboxylic acids is 1. The van der Waals surface area contributed by atoms with Crippen molar-refractivity contribution < 1.29 is 45.8 Å². The maximum atomic E-state index is 14.1. The van der Waals surface area contributed by atoms with Gasteiger partial charge in [-0.15, -0.1) is 0 Å². The number of anilines is 1. The lowest BCUT2D eigenvalue weighted by atomic mass is 9.85. The standard InChI is InChI=1S/C35H42F3N5O7S/c1-20-8-6-9-21(2)29(20)27-17-28(42-31(41-27)43-51(47,48)26-11-7-10-22(14-26)30(44)45)49-19-25(18-34(12-13-34)35(36,37)38)39-23-15-24(16-23)40-32(46)50-33(3,4)5/h6-11,14,17,23-25,39H,12-13,15-16,18-19H2,1-5H3,(H,40,46)(H,44,45)(H,41,42,43). The molecule has 4 N–H and O–H groups in total. The van der Waals surface area contributed by atoms with Crippen molar-refractivity contribution in [3.63, 3.8) is 0 Å². The van der Waals surface area contributed by atoms with E-state index in [1.54, 1.807) is 20.8 Å². The number of amides is 1. The molecule has 276 valence electrons. The van der Waals surface area contributed by atoms with E-state index in [2.05, 4.69) is 25.3 Å². The third kappa shape index (κ3) is 9.47. The predicted octanol–water partition coefficient (Wildman–Crippen LogP) is 6.38. The monoisotopic (exact) mass is 733 g/mol. The average Bonchev–Trinajstić information content (AvgIpc) is 3.78. The van der Waals surface area contributed by atoms with Crippen LogP contribution in [0, 0.1) is 19.3 Å². The summed E-state index contributed by atoms with van der Waals surface area (Å²) in [5.74, 6) is -1.77. The van der Waals surface area contributed by atoms with Crippen LogP contribution in [0.1, 0.15) is 74.4 Å². The molecule has 0 radical (unpaired) electrons. The van der Waals surface area contributed by atoms with Crippen LogP contribution in [0.15, 0.2) is 53.4 Å². The molecule has 1 unspecified atom stereocenters. The molecule has 0 spiro atoms. The fourth-order valence-corrected chi connectivity index (χ4v) is 7.11. The van der Waals surface area contributed by atoms with Gasteiger partial charge in [-0.3, -0.25) is 0 Å².